The van der Waals surface area contributed by atoms with Crippen LogP contribution in [-0.2, 0) is 6.42 Å². The van der Waals surface area contributed by atoms with Gasteiger partial charge in [0, 0.05) is 42.1 Å². The summed E-state index contributed by atoms with van der Waals surface area (Å²) in [6, 6.07) is 15.8. The summed E-state index contributed by atoms with van der Waals surface area (Å²) >= 11 is 0. The molecule has 5 rings (SSSR count). The van der Waals surface area contributed by atoms with Gasteiger partial charge in [0.1, 0.15) is 5.75 Å². The van der Waals surface area contributed by atoms with E-state index in [0.29, 0.717) is 17.7 Å². The van der Waals surface area contributed by atoms with Crippen LogP contribution in [0.15, 0.2) is 61.2 Å². The van der Waals surface area contributed by atoms with Gasteiger partial charge in [0.05, 0.1) is 0 Å². The van der Waals surface area contributed by atoms with Crippen molar-refractivity contribution >= 4 is 11.4 Å². The van der Waals surface area contributed by atoms with Gasteiger partial charge < -0.3 is 15.3 Å². The lowest BCUT2D eigenvalue weighted by molar-refractivity contribution is 0.381. The van der Waals surface area contributed by atoms with Gasteiger partial charge in [-0.05, 0) is 106 Å². The summed E-state index contributed by atoms with van der Waals surface area (Å²) < 4.78 is 0. The molecular weight excluding hydrogens is 464 g/mol. The predicted octanol–water partition coefficient (Wildman–Crippen LogP) is 8.59. The molecule has 204 valence electrons. The summed E-state index contributed by atoms with van der Waals surface area (Å²) in [6.45, 7) is 12.9. The fourth-order valence-electron chi connectivity index (χ4n) is 6.85. The van der Waals surface area contributed by atoms with Gasteiger partial charge in [0.2, 0.25) is 0 Å². The molecule has 0 bridgehead atoms. The Kier molecular flexibility index (Phi) is 8.82. The third-order valence-electron chi connectivity index (χ3n) is 9.23. The van der Waals surface area contributed by atoms with E-state index in [0.717, 1.165) is 48.3 Å². The zero-order valence-electron chi connectivity index (χ0n) is 23.6. The quantitative estimate of drug-likeness (QED) is 0.296. The number of aromatic hydroxyl groups is 1. The van der Waals surface area contributed by atoms with Crippen LogP contribution in [0.1, 0.15) is 100 Å². The summed E-state index contributed by atoms with van der Waals surface area (Å²) in [5, 5.41) is 14.0. The molecule has 3 nitrogen and oxygen atoms in total. The maximum Gasteiger partial charge on any atom is 0.117 e. The maximum absolute atomic E-state index is 10.3. The number of phenols is 1. The SMILES string of the molecule is C=C(C)CC(c1cccc(CCC2CCN(c3cc(O)ccc3C(=C)NC3CCCCC3)CC2)c1)C1CC1. The first kappa shape index (κ1) is 26.9. The minimum atomic E-state index is 0.340. The number of rotatable bonds is 11. The Bertz CT molecular complexity index is 1100. The number of allylic oxidation sites excluding steroid dienone is 1. The van der Waals surface area contributed by atoms with Crippen LogP contribution >= 0.6 is 0 Å². The largest absolute Gasteiger partial charge is 0.508 e. The van der Waals surface area contributed by atoms with Crippen molar-refractivity contribution in [3.63, 3.8) is 0 Å². The van der Waals surface area contributed by atoms with Gasteiger partial charge in [0.25, 0.3) is 0 Å². The first-order valence-electron chi connectivity index (χ1n) is 15.2. The van der Waals surface area contributed by atoms with Gasteiger partial charge in [-0.3, -0.25) is 0 Å². The fraction of sp³-hybridized carbons (Fsp3) is 0.543. The van der Waals surface area contributed by atoms with E-state index >= 15 is 0 Å². The van der Waals surface area contributed by atoms with Crippen LogP contribution in [0.2, 0.25) is 0 Å². The number of nitrogens with zero attached hydrogens (tertiary/aromatic N) is 1. The number of piperidine rings is 1. The Morgan fingerprint density at radius 3 is 2.45 bits per heavy atom. The van der Waals surface area contributed by atoms with E-state index in [4.69, 9.17) is 0 Å². The van der Waals surface area contributed by atoms with Crippen LogP contribution in [0.25, 0.3) is 5.70 Å². The molecule has 1 heterocycles. The minimum Gasteiger partial charge on any atom is -0.508 e. The Labute approximate surface area is 231 Å². The Morgan fingerprint density at radius 2 is 1.74 bits per heavy atom. The van der Waals surface area contributed by atoms with E-state index < -0.39 is 0 Å². The topological polar surface area (TPSA) is 35.5 Å². The van der Waals surface area contributed by atoms with Crippen molar-refractivity contribution in [2.45, 2.75) is 95.9 Å². The van der Waals surface area contributed by atoms with Crippen molar-refractivity contribution in [2.75, 3.05) is 18.0 Å². The van der Waals surface area contributed by atoms with E-state index in [2.05, 4.69) is 54.6 Å². The van der Waals surface area contributed by atoms with Crippen LogP contribution in [0.4, 0.5) is 5.69 Å². The van der Waals surface area contributed by atoms with Crippen LogP contribution in [0.5, 0.6) is 5.75 Å². The molecule has 2 aliphatic carbocycles. The van der Waals surface area contributed by atoms with E-state index in [1.807, 2.05) is 12.1 Å². The maximum atomic E-state index is 10.3. The number of hydrogen-bond acceptors (Lipinski definition) is 3. The zero-order chi connectivity index (χ0) is 26.5. The van der Waals surface area contributed by atoms with Gasteiger partial charge in [-0.2, -0.15) is 0 Å². The summed E-state index contributed by atoms with van der Waals surface area (Å²) in [5.41, 5.74) is 7.61. The zero-order valence-corrected chi connectivity index (χ0v) is 23.6. The molecule has 0 aromatic heterocycles. The van der Waals surface area contributed by atoms with Crippen molar-refractivity contribution in [1.29, 1.82) is 0 Å². The van der Waals surface area contributed by atoms with Gasteiger partial charge in [-0.25, -0.2) is 0 Å². The third-order valence-corrected chi connectivity index (χ3v) is 9.23. The molecule has 3 aliphatic rings. The Morgan fingerprint density at radius 1 is 0.974 bits per heavy atom. The molecule has 2 saturated carbocycles. The van der Waals surface area contributed by atoms with Crippen molar-refractivity contribution in [1.82, 2.24) is 5.32 Å². The molecule has 3 fully saturated rings. The van der Waals surface area contributed by atoms with Gasteiger partial charge in [-0.1, -0.05) is 55.7 Å². The molecule has 2 aromatic carbocycles. The van der Waals surface area contributed by atoms with Gasteiger partial charge in [-0.15, -0.1) is 6.58 Å². The van der Waals surface area contributed by atoms with Crippen molar-refractivity contribution < 1.29 is 5.11 Å². The monoisotopic (exact) mass is 512 g/mol. The standard InChI is InChI=1S/C35H48N2O/c1-25(2)22-34(29-14-15-29)30-9-7-8-28(23-30)13-12-27-18-20-37(21-19-27)35-24-32(38)16-17-33(35)26(3)36-31-10-5-4-6-11-31/h7-9,16-17,23-24,27,29,31,34,36,38H,1,3-6,10-15,18-22H2,2H3. The normalized spacial score (nSPS) is 19.8. The molecule has 1 aliphatic heterocycles. The third kappa shape index (κ3) is 7.04. The number of nitrogens with one attached hydrogen (secondary N) is 1. The Hall–Kier alpha value is -2.68. The molecule has 38 heavy (non-hydrogen) atoms. The summed E-state index contributed by atoms with van der Waals surface area (Å²) in [7, 11) is 0. The average molecular weight is 513 g/mol. The number of phenolic OH excluding ortho intramolecular Hbond substituents is 1. The molecule has 0 radical (unpaired) electrons. The summed E-state index contributed by atoms with van der Waals surface area (Å²) in [4.78, 5) is 2.47. The van der Waals surface area contributed by atoms with E-state index in [-0.39, 0.29) is 0 Å². The molecule has 1 atom stereocenters. The first-order chi connectivity index (χ1) is 18.5. The number of anilines is 1. The highest BCUT2D eigenvalue weighted by atomic mass is 16.3. The summed E-state index contributed by atoms with van der Waals surface area (Å²) in [5.74, 6) is 2.62. The molecule has 0 amide bonds. The highest BCUT2D eigenvalue weighted by Crippen LogP contribution is 2.45. The first-order valence-corrected chi connectivity index (χ1v) is 15.2. The van der Waals surface area contributed by atoms with E-state index in [9.17, 15) is 5.11 Å². The van der Waals surface area contributed by atoms with Crippen LogP contribution in [-0.4, -0.2) is 24.2 Å². The van der Waals surface area contributed by atoms with Crippen molar-refractivity contribution in [2.24, 2.45) is 11.8 Å². The molecule has 2 N–H and O–H groups in total. The van der Waals surface area contributed by atoms with Gasteiger partial charge >= 0.3 is 0 Å². The number of hydrogen-bond donors (Lipinski definition) is 2. The molecule has 3 heteroatoms. The molecule has 0 spiro atoms. The fourth-order valence-corrected chi connectivity index (χ4v) is 6.85. The lowest BCUT2D eigenvalue weighted by Gasteiger charge is -2.35. The second kappa shape index (κ2) is 12.5. The second-order valence-corrected chi connectivity index (χ2v) is 12.5. The van der Waals surface area contributed by atoms with Gasteiger partial charge in [0.15, 0.2) is 0 Å². The van der Waals surface area contributed by atoms with Crippen molar-refractivity contribution in [3.05, 3.63) is 77.9 Å². The average Bonchev–Trinajstić information content (AvgIpc) is 3.77. The minimum absolute atomic E-state index is 0.340. The molecule has 2 aromatic rings. The predicted molar refractivity (Wildman–Crippen MR) is 162 cm³/mol. The molecular formula is C35H48N2O. The van der Waals surface area contributed by atoms with E-state index in [1.54, 1.807) is 6.07 Å². The van der Waals surface area contributed by atoms with Crippen molar-refractivity contribution in [3.8, 4) is 5.75 Å². The van der Waals surface area contributed by atoms with Crippen LogP contribution in [0.3, 0.4) is 0 Å². The second-order valence-electron chi connectivity index (χ2n) is 12.5. The highest BCUT2D eigenvalue weighted by Gasteiger charge is 2.32. The van der Waals surface area contributed by atoms with E-state index in [1.165, 1.54) is 87.3 Å². The van der Waals surface area contributed by atoms with Crippen LogP contribution < -0.4 is 10.2 Å². The summed E-state index contributed by atoms with van der Waals surface area (Å²) in [6.07, 6.45) is 15.2. The lowest BCUT2D eigenvalue weighted by atomic mass is 9.86. The highest BCUT2D eigenvalue weighted by molar-refractivity contribution is 5.76. The molecule has 1 saturated heterocycles. The number of benzene rings is 2. The lowest BCUT2D eigenvalue weighted by Crippen LogP contribution is -2.35. The Balaban J connectivity index is 1.16. The smallest absolute Gasteiger partial charge is 0.117 e. The van der Waals surface area contributed by atoms with Crippen LogP contribution in [0, 0.1) is 11.8 Å². The molecule has 1 unspecified atom stereocenters. The number of aryl methyl sites for hydroxylation is 1.